The summed E-state index contributed by atoms with van der Waals surface area (Å²) in [6, 6.07) is 7.91. The summed E-state index contributed by atoms with van der Waals surface area (Å²) in [6.07, 6.45) is 0.852. The quantitative estimate of drug-likeness (QED) is 0.837. The molecule has 1 aromatic rings. The van der Waals surface area contributed by atoms with Gasteiger partial charge in [-0.05, 0) is 24.1 Å². The lowest BCUT2D eigenvalue weighted by Gasteiger charge is -2.09. The SMILES string of the molecule is CC(CCO)SCc1cccc(Cl)c1. The summed E-state index contributed by atoms with van der Waals surface area (Å²) in [5, 5.41) is 10.0. The van der Waals surface area contributed by atoms with Crippen LogP contribution in [0.4, 0.5) is 0 Å². The van der Waals surface area contributed by atoms with E-state index in [1.54, 1.807) is 0 Å². The Hall–Kier alpha value is -0.180. The van der Waals surface area contributed by atoms with Crippen molar-refractivity contribution in [2.45, 2.75) is 24.3 Å². The summed E-state index contributed by atoms with van der Waals surface area (Å²) in [5.74, 6) is 0.960. The Morgan fingerprint density at radius 1 is 1.50 bits per heavy atom. The zero-order chi connectivity index (χ0) is 10.4. The van der Waals surface area contributed by atoms with Crippen LogP contribution >= 0.6 is 23.4 Å². The molecule has 0 aromatic heterocycles. The standard InChI is InChI=1S/C11H15ClOS/c1-9(5-6-13)14-8-10-3-2-4-11(12)7-10/h2-4,7,9,13H,5-6,8H2,1H3. The molecule has 0 aliphatic heterocycles. The fourth-order valence-corrected chi connectivity index (χ4v) is 2.27. The van der Waals surface area contributed by atoms with E-state index in [1.807, 2.05) is 30.0 Å². The van der Waals surface area contributed by atoms with Crippen molar-refractivity contribution in [1.82, 2.24) is 0 Å². The van der Waals surface area contributed by atoms with Gasteiger partial charge in [-0.3, -0.25) is 0 Å². The van der Waals surface area contributed by atoms with Gasteiger partial charge in [0.2, 0.25) is 0 Å². The molecule has 1 atom stereocenters. The molecule has 0 spiro atoms. The van der Waals surface area contributed by atoms with Gasteiger partial charge in [0, 0.05) is 22.6 Å². The van der Waals surface area contributed by atoms with Gasteiger partial charge in [-0.2, -0.15) is 11.8 Å². The Labute approximate surface area is 94.5 Å². The van der Waals surface area contributed by atoms with E-state index < -0.39 is 0 Å². The van der Waals surface area contributed by atoms with Crippen molar-refractivity contribution in [3.63, 3.8) is 0 Å². The van der Waals surface area contributed by atoms with E-state index >= 15 is 0 Å². The summed E-state index contributed by atoms with van der Waals surface area (Å²) in [6.45, 7) is 2.40. The molecular weight excluding hydrogens is 216 g/mol. The first-order valence-electron chi connectivity index (χ1n) is 4.69. The van der Waals surface area contributed by atoms with Gasteiger partial charge >= 0.3 is 0 Å². The lowest BCUT2D eigenvalue weighted by molar-refractivity contribution is 0.289. The molecule has 14 heavy (non-hydrogen) atoms. The van der Waals surface area contributed by atoms with Crippen molar-refractivity contribution in [2.75, 3.05) is 6.61 Å². The van der Waals surface area contributed by atoms with Crippen LogP contribution in [0.15, 0.2) is 24.3 Å². The smallest absolute Gasteiger partial charge is 0.0441 e. The van der Waals surface area contributed by atoms with Crippen molar-refractivity contribution in [3.8, 4) is 0 Å². The lowest BCUT2D eigenvalue weighted by Crippen LogP contribution is -1.99. The van der Waals surface area contributed by atoms with Crippen molar-refractivity contribution in [1.29, 1.82) is 0 Å². The van der Waals surface area contributed by atoms with Gasteiger partial charge in [0.15, 0.2) is 0 Å². The van der Waals surface area contributed by atoms with Crippen LogP contribution in [0, 0.1) is 0 Å². The molecular formula is C11H15ClOS. The molecule has 1 aromatic carbocycles. The maximum Gasteiger partial charge on any atom is 0.0441 e. The second-order valence-electron chi connectivity index (χ2n) is 3.26. The molecule has 0 saturated carbocycles. The number of hydrogen-bond donors (Lipinski definition) is 1. The first kappa shape index (κ1) is 11.9. The van der Waals surface area contributed by atoms with E-state index in [-0.39, 0.29) is 6.61 Å². The van der Waals surface area contributed by atoms with Gasteiger partial charge in [-0.1, -0.05) is 30.7 Å². The maximum atomic E-state index is 8.74. The molecule has 1 N–H and O–H groups in total. The Balaban J connectivity index is 2.37. The number of hydrogen-bond acceptors (Lipinski definition) is 2. The van der Waals surface area contributed by atoms with E-state index in [1.165, 1.54) is 5.56 Å². The summed E-state index contributed by atoms with van der Waals surface area (Å²) in [5.41, 5.74) is 1.24. The van der Waals surface area contributed by atoms with Gasteiger partial charge in [0.1, 0.15) is 0 Å². The number of thioether (sulfide) groups is 1. The van der Waals surface area contributed by atoms with Gasteiger partial charge < -0.3 is 5.11 Å². The first-order chi connectivity index (χ1) is 6.72. The van der Waals surface area contributed by atoms with Gasteiger partial charge in [0.25, 0.3) is 0 Å². The van der Waals surface area contributed by atoms with Crippen LogP contribution in [0.3, 0.4) is 0 Å². The zero-order valence-corrected chi connectivity index (χ0v) is 9.81. The molecule has 0 aliphatic rings. The van der Waals surface area contributed by atoms with E-state index in [2.05, 4.69) is 13.0 Å². The predicted octanol–water partition coefficient (Wildman–Crippen LogP) is 3.34. The maximum absolute atomic E-state index is 8.74. The molecule has 0 amide bonds. The monoisotopic (exact) mass is 230 g/mol. The van der Waals surface area contributed by atoms with Gasteiger partial charge in [-0.25, -0.2) is 0 Å². The third kappa shape index (κ3) is 4.36. The second-order valence-corrected chi connectivity index (χ2v) is 5.13. The number of benzene rings is 1. The largest absolute Gasteiger partial charge is 0.396 e. The van der Waals surface area contributed by atoms with E-state index in [0.29, 0.717) is 5.25 Å². The molecule has 78 valence electrons. The summed E-state index contributed by atoms with van der Waals surface area (Å²) >= 11 is 7.72. The van der Waals surface area contributed by atoms with E-state index in [0.717, 1.165) is 17.2 Å². The zero-order valence-electron chi connectivity index (χ0n) is 8.24. The lowest BCUT2D eigenvalue weighted by atomic mass is 10.2. The average molecular weight is 231 g/mol. The molecule has 0 aliphatic carbocycles. The van der Waals surface area contributed by atoms with Crippen LogP contribution in [0.2, 0.25) is 5.02 Å². The molecule has 0 fully saturated rings. The highest BCUT2D eigenvalue weighted by Gasteiger charge is 2.02. The predicted molar refractivity (Wildman–Crippen MR) is 63.9 cm³/mol. The third-order valence-electron chi connectivity index (χ3n) is 1.96. The summed E-state index contributed by atoms with van der Waals surface area (Å²) in [7, 11) is 0. The first-order valence-corrected chi connectivity index (χ1v) is 6.12. The van der Waals surface area contributed by atoms with Crippen LogP contribution in [-0.4, -0.2) is 17.0 Å². The van der Waals surface area contributed by atoms with E-state index in [9.17, 15) is 0 Å². The molecule has 0 heterocycles. The Bertz CT molecular complexity index is 278. The fourth-order valence-electron chi connectivity index (χ4n) is 1.13. The molecule has 0 bridgehead atoms. The highest BCUT2D eigenvalue weighted by atomic mass is 35.5. The minimum atomic E-state index is 0.268. The van der Waals surface area contributed by atoms with Crippen molar-refractivity contribution >= 4 is 23.4 Å². The average Bonchev–Trinajstić information content (AvgIpc) is 2.15. The van der Waals surface area contributed by atoms with Crippen LogP contribution in [0.25, 0.3) is 0 Å². The van der Waals surface area contributed by atoms with Crippen molar-refractivity contribution in [2.24, 2.45) is 0 Å². The van der Waals surface area contributed by atoms with Crippen molar-refractivity contribution < 1.29 is 5.11 Å². The van der Waals surface area contributed by atoms with Crippen LogP contribution < -0.4 is 0 Å². The van der Waals surface area contributed by atoms with Crippen LogP contribution in [-0.2, 0) is 5.75 Å². The molecule has 1 unspecified atom stereocenters. The molecule has 1 nitrogen and oxygen atoms in total. The number of aliphatic hydroxyl groups is 1. The molecule has 1 rings (SSSR count). The van der Waals surface area contributed by atoms with Crippen LogP contribution in [0.1, 0.15) is 18.9 Å². The van der Waals surface area contributed by atoms with E-state index in [4.69, 9.17) is 16.7 Å². The number of halogens is 1. The van der Waals surface area contributed by atoms with Gasteiger partial charge in [-0.15, -0.1) is 0 Å². The van der Waals surface area contributed by atoms with Crippen LogP contribution in [0.5, 0.6) is 0 Å². The minimum absolute atomic E-state index is 0.268. The Morgan fingerprint density at radius 3 is 2.93 bits per heavy atom. The Morgan fingerprint density at radius 2 is 2.29 bits per heavy atom. The highest BCUT2D eigenvalue weighted by molar-refractivity contribution is 7.99. The number of rotatable bonds is 5. The second kappa shape index (κ2) is 6.33. The van der Waals surface area contributed by atoms with Gasteiger partial charge in [0.05, 0.1) is 0 Å². The molecule has 0 saturated heterocycles. The summed E-state index contributed by atoms with van der Waals surface area (Å²) in [4.78, 5) is 0. The highest BCUT2D eigenvalue weighted by Crippen LogP contribution is 2.21. The molecule has 3 heteroatoms. The van der Waals surface area contributed by atoms with Crippen molar-refractivity contribution in [3.05, 3.63) is 34.9 Å². The number of aliphatic hydroxyl groups excluding tert-OH is 1. The molecule has 0 radical (unpaired) electrons. The third-order valence-corrected chi connectivity index (χ3v) is 3.50. The topological polar surface area (TPSA) is 20.2 Å². The normalized spacial score (nSPS) is 12.8. The Kier molecular flexibility index (Phi) is 5.38. The minimum Gasteiger partial charge on any atom is -0.396 e. The summed E-state index contributed by atoms with van der Waals surface area (Å²) < 4.78 is 0. The fraction of sp³-hybridized carbons (Fsp3) is 0.455.